The maximum absolute atomic E-state index is 7.14. The van der Waals surface area contributed by atoms with Crippen LogP contribution in [0.15, 0.2) is 162 Å². The fraction of sp³-hybridized carbons (Fsp3) is 0.0588. The molecular formula is C51H32O. The van der Waals surface area contributed by atoms with Crippen LogP contribution >= 0.6 is 0 Å². The van der Waals surface area contributed by atoms with Crippen LogP contribution in [0.5, 0.6) is 0 Å². The van der Waals surface area contributed by atoms with Crippen LogP contribution in [-0.4, -0.2) is 0 Å². The van der Waals surface area contributed by atoms with Gasteiger partial charge in [-0.2, -0.15) is 0 Å². The first-order chi connectivity index (χ1) is 25.5. The quantitative estimate of drug-likeness (QED) is 0.168. The second-order valence-corrected chi connectivity index (χ2v) is 15.2. The molecule has 1 aliphatic rings. The van der Waals surface area contributed by atoms with Gasteiger partial charge in [-0.1, -0.05) is 153 Å². The second kappa shape index (κ2) is 9.87. The average molecular weight is 661 g/mol. The topological polar surface area (TPSA) is 13.1 Å². The molecule has 0 saturated heterocycles. The van der Waals surface area contributed by atoms with E-state index in [0.29, 0.717) is 0 Å². The Morgan fingerprint density at radius 1 is 0.365 bits per heavy atom. The predicted octanol–water partition coefficient (Wildman–Crippen LogP) is 14.4. The van der Waals surface area contributed by atoms with Gasteiger partial charge in [-0.25, -0.2) is 0 Å². The van der Waals surface area contributed by atoms with Crippen LogP contribution in [0.1, 0.15) is 25.0 Å². The van der Waals surface area contributed by atoms with E-state index in [9.17, 15) is 0 Å². The highest BCUT2D eigenvalue weighted by molar-refractivity contribution is 6.28. The lowest BCUT2D eigenvalue weighted by atomic mass is 9.81. The Morgan fingerprint density at radius 2 is 0.962 bits per heavy atom. The zero-order valence-corrected chi connectivity index (χ0v) is 28.9. The van der Waals surface area contributed by atoms with Crippen LogP contribution in [0, 0.1) is 0 Å². The molecular weight excluding hydrogens is 629 g/mol. The van der Waals surface area contributed by atoms with E-state index in [4.69, 9.17) is 4.42 Å². The lowest BCUT2D eigenvalue weighted by molar-refractivity contribution is 0.661. The molecule has 242 valence electrons. The standard InChI is InChI=1S/C51H32O/c1-51(2)43-26-20-34(28-42(43)47-35-12-5-3-8-29(35)19-27-44(47)51)37-24-25-40(48-41-23-16-30-9-4-6-13-36(30)49(41)52-50(37)48)38-21-17-33-15-14-31-10-7-11-32-18-22-39(38)46(33)45(31)32/h3-28H,1-2H3. The summed E-state index contributed by atoms with van der Waals surface area (Å²) >= 11 is 0. The molecule has 0 fully saturated rings. The van der Waals surface area contributed by atoms with Crippen LogP contribution < -0.4 is 0 Å². The van der Waals surface area contributed by atoms with Crippen LogP contribution in [0.4, 0.5) is 0 Å². The van der Waals surface area contributed by atoms with Gasteiger partial charge in [-0.05, 0) is 106 Å². The Hall–Kier alpha value is -6.44. The lowest BCUT2D eigenvalue weighted by Gasteiger charge is -2.21. The first-order valence-corrected chi connectivity index (χ1v) is 18.3. The van der Waals surface area contributed by atoms with Crippen LogP contribution in [0.2, 0.25) is 0 Å². The van der Waals surface area contributed by atoms with Gasteiger partial charge in [-0.15, -0.1) is 0 Å². The highest BCUT2D eigenvalue weighted by Gasteiger charge is 2.36. The summed E-state index contributed by atoms with van der Waals surface area (Å²) in [6, 6.07) is 58.6. The third-order valence-electron chi connectivity index (χ3n) is 12.2. The molecule has 0 saturated carbocycles. The normalized spacial score (nSPS) is 13.7. The first kappa shape index (κ1) is 28.3. The Kier molecular flexibility index (Phi) is 5.37. The first-order valence-electron chi connectivity index (χ1n) is 18.3. The summed E-state index contributed by atoms with van der Waals surface area (Å²) in [4.78, 5) is 0. The van der Waals surface area contributed by atoms with Gasteiger partial charge in [0, 0.05) is 27.1 Å². The largest absolute Gasteiger partial charge is 0.455 e. The van der Waals surface area contributed by atoms with Gasteiger partial charge >= 0.3 is 0 Å². The molecule has 0 amide bonds. The molecule has 0 aliphatic heterocycles. The van der Waals surface area contributed by atoms with E-state index in [-0.39, 0.29) is 5.41 Å². The van der Waals surface area contributed by atoms with Gasteiger partial charge < -0.3 is 4.42 Å². The molecule has 1 nitrogen and oxygen atoms in total. The van der Waals surface area contributed by atoms with Crippen molar-refractivity contribution in [3.63, 3.8) is 0 Å². The second-order valence-electron chi connectivity index (χ2n) is 15.2. The molecule has 0 N–H and O–H groups in total. The third-order valence-corrected chi connectivity index (χ3v) is 12.2. The van der Waals surface area contributed by atoms with Gasteiger partial charge in [0.05, 0.1) is 0 Å². The van der Waals surface area contributed by atoms with E-state index in [1.807, 2.05) is 0 Å². The number of benzene rings is 10. The molecule has 0 unspecified atom stereocenters. The smallest absolute Gasteiger partial charge is 0.143 e. The van der Waals surface area contributed by atoms with Crippen molar-refractivity contribution in [3.8, 4) is 33.4 Å². The summed E-state index contributed by atoms with van der Waals surface area (Å²) in [5, 5.41) is 15.0. The molecule has 1 aliphatic carbocycles. The van der Waals surface area contributed by atoms with Gasteiger partial charge in [0.1, 0.15) is 11.2 Å². The van der Waals surface area contributed by atoms with E-state index in [2.05, 4.69) is 172 Å². The summed E-state index contributed by atoms with van der Waals surface area (Å²) in [7, 11) is 0. The molecule has 0 atom stereocenters. The molecule has 1 aromatic heterocycles. The minimum absolute atomic E-state index is 0.0836. The summed E-state index contributed by atoms with van der Waals surface area (Å²) in [5.41, 5.74) is 12.0. The molecule has 1 heteroatoms. The molecule has 12 rings (SSSR count). The Labute approximate surface area is 300 Å². The van der Waals surface area contributed by atoms with Crippen molar-refractivity contribution in [2.24, 2.45) is 0 Å². The van der Waals surface area contributed by atoms with E-state index < -0.39 is 0 Å². The van der Waals surface area contributed by atoms with E-state index in [1.54, 1.807) is 0 Å². The van der Waals surface area contributed by atoms with Crippen LogP contribution in [-0.2, 0) is 5.41 Å². The van der Waals surface area contributed by atoms with E-state index in [0.717, 1.165) is 27.5 Å². The maximum Gasteiger partial charge on any atom is 0.143 e. The Morgan fingerprint density at radius 3 is 1.81 bits per heavy atom. The molecule has 52 heavy (non-hydrogen) atoms. The SMILES string of the molecule is CC1(C)c2ccc(-c3ccc(-c4ccc5ccc6cccc7ccc4c5c67)c4c3oc3c5ccccc5ccc34)cc2-c2c1ccc1ccccc21. The van der Waals surface area contributed by atoms with Crippen molar-refractivity contribution in [2.45, 2.75) is 19.3 Å². The number of hydrogen-bond acceptors (Lipinski definition) is 1. The number of rotatable bonds is 2. The molecule has 0 radical (unpaired) electrons. The zero-order chi connectivity index (χ0) is 34.3. The van der Waals surface area contributed by atoms with Gasteiger partial charge in [0.25, 0.3) is 0 Å². The minimum Gasteiger partial charge on any atom is -0.455 e. The van der Waals surface area contributed by atoms with Gasteiger partial charge in [-0.3, -0.25) is 0 Å². The van der Waals surface area contributed by atoms with Crippen molar-refractivity contribution in [2.75, 3.05) is 0 Å². The molecule has 1 heterocycles. The number of hydrogen-bond donors (Lipinski definition) is 0. The monoisotopic (exact) mass is 660 g/mol. The highest BCUT2D eigenvalue weighted by atomic mass is 16.3. The molecule has 0 bridgehead atoms. The fourth-order valence-electron chi connectivity index (χ4n) is 9.72. The fourth-order valence-corrected chi connectivity index (χ4v) is 9.72. The van der Waals surface area contributed by atoms with Crippen LogP contribution in [0.3, 0.4) is 0 Å². The van der Waals surface area contributed by atoms with Crippen molar-refractivity contribution in [1.29, 1.82) is 0 Å². The average Bonchev–Trinajstić information content (AvgIpc) is 3.69. The predicted molar refractivity (Wildman–Crippen MR) is 221 cm³/mol. The summed E-state index contributed by atoms with van der Waals surface area (Å²) < 4.78 is 7.14. The zero-order valence-electron chi connectivity index (χ0n) is 28.9. The summed E-state index contributed by atoms with van der Waals surface area (Å²) in [5.74, 6) is 0. The maximum atomic E-state index is 7.14. The Bertz CT molecular complexity index is 3300. The third kappa shape index (κ3) is 3.58. The van der Waals surface area contributed by atoms with Crippen molar-refractivity contribution in [3.05, 3.63) is 169 Å². The molecule has 11 aromatic rings. The molecule has 0 spiro atoms. The molecule has 10 aromatic carbocycles. The van der Waals surface area contributed by atoms with Gasteiger partial charge in [0.2, 0.25) is 0 Å². The number of fused-ring (bicyclic) bond motifs is 10. The number of furan rings is 1. The minimum atomic E-state index is -0.0836. The van der Waals surface area contributed by atoms with Gasteiger partial charge in [0.15, 0.2) is 0 Å². The summed E-state index contributed by atoms with van der Waals surface area (Å²) in [6.45, 7) is 4.72. The van der Waals surface area contributed by atoms with Crippen LogP contribution in [0.25, 0.3) is 109 Å². The lowest BCUT2D eigenvalue weighted by Crippen LogP contribution is -2.14. The summed E-state index contributed by atoms with van der Waals surface area (Å²) in [6.07, 6.45) is 0. The van der Waals surface area contributed by atoms with Crippen molar-refractivity contribution >= 4 is 75.8 Å². The highest BCUT2D eigenvalue weighted by Crippen LogP contribution is 2.53. The van der Waals surface area contributed by atoms with Crippen molar-refractivity contribution < 1.29 is 4.42 Å². The van der Waals surface area contributed by atoms with Crippen molar-refractivity contribution in [1.82, 2.24) is 0 Å². The van der Waals surface area contributed by atoms with E-state index in [1.165, 1.54) is 92.8 Å². The Balaban J connectivity index is 1.17. The van der Waals surface area contributed by atoms with E-state index >= 15 is 0 Å².